The van der Waals surface area contributed by atoms with Crippen molar-refractivity contribution in [1.82, 2.24) is 20.1 Å². The van der Waals surface area contributed by atoms with Gasteiger partial charge in [-0.1, -0.05) is 0 Å². The predicted molar refractivity (Wildman–Crippen MR) is 45.7 cm³/mol. The third-order valence-corrected chi connectivity index (χ3v) is 1.25. The number of nitrogens with zero attached hydrogens (tertiary/aromatic N) is 3. The number of hydrogen-bond donors (Lipinski definition) is 2. The number of nitrogens with one attached hydrogen (secondary N) is 1. The van der Waals surface area contributed by atoms with Crippen LogP contribution in [-0.2, 0) is 0 Å². The molecule has 0 fully saturated rings. The van der Waals surface area contributed by atoms with E-state index in [4.69, 9.17) is 5.84 Å². The van der Waals surface area contributed by atoms with Gasteiger partial charge in [0.1, 0.15) is 0 Å². The topological polar surface area (TPSA) is 72.5 Å². The standard InChI is InChI=1S/C4H5N.C3H6N4/c1-2-4-5-3-1;1-3-2-5-6-7(3)4/h1-5H;2H,4H2,1H3. The first kappa shape index (κ1) is 8.32. The maximum absolute atomic E-state index is 5.18. The molecule has 0 amide bonds. The molecule has 0 saturated heterocycles. The second kappa shape index (κ2) is 4.17. The second-order valence-corrected chi connectivity index (χ2v) is 2.20. The predicted octanol–water partition coefficient (Wildman–Crippen LogP) is 0.315. The van der Waals surface area contributed by atoms with Gasteiger partial charge in [-0.15, -0.1) is 5.10 Å². The van der Waals surface area contributed by atoms with Crippen LogP contribution < -0.4 is 5.84 Å². The molecule has 12 heavy (non-hydrogen) atoms. The Kier molecular flexibility index (Phi) is 2.89. The van der Waals surface area contributed by atoms with Crippen LogP contribution in [0.2, 0.25) is 0 Å². The maximum atomic E-state index is 5.18. The van der Waals surface area contributed by atoms with Crippen LogP contribution in [0, 0.1) is 6.92 Å². The number of nitrogen functional groups attached to an aromatic ring is 1. The molecule has 2 aromatic heterocycles. The minimum absolute atomic E-state index is 0.861. The summed E-state index contributed by atoms with van der Waals surface area (Å²) < 4.78 is 0. The normalized spacial score (nSPS) is 8.75. The highest BCUT2D eigenvalue weighted by Crippen LogP contribution is 1.82. The highest BCUT2D eigenvalue weighted by Gasteiger charge is 1.86. The first-order valence-electron chi connectivity index (χ1n) is 3.51. The molecule has 64 valence electrons. The van der Waals surface area contributed by atoms with Crippen LogP contribution in [0.1, 0.15) is 5.69 Å². The third kappa shape index (κ3) is 2.45. The van der Waals surface area contributed by atoms with Gasteiger partial charge in [-0.2, -0.15) is 4.79 Å². The quantitative estimate of drug-likeness (QED) is 0.552. The number of H-pyrrole nitrogens is 1. The molecule has 0 aliphatic carbocycles. The van der Waals surface area contributed by atoms with Crippen molar-refractivity contribution in [1.29, 1.82) is 0 Å². The number of rotatable bonds is 0. The lowest BCUT2D eigenvalue weighted by Gasteiger charge is -1.85. The SMILES string of the molecule is Cc1cnnn1N.c1cc[nH]c1. The fraction of sp³-hybridized carbons (Fsp3) is 0.143. The summed E-state index contributed by atoms with van der Waals surface area (Å²) in [5.74, 6) is 5.18. The van der Waals surface area contributed by atoms with E-state index in [2.05, 4.69) is 15.3 Å². The van der Waals surface area contributed by atoms with E-state index in [0.717, 1.165) is 5.69 Å². The Morgan fingerprint density at radius 3 is 2.25 bits per heavy atom. The maximum Gasteiger partial charge on any atom is 0.0789 e. The van der Waals surface area contributed by atoms with Crippen molar-refractivity contribution in [3.63, 3.8) is 0 Å². The molecule has 2 heterocycles. The average molecular weight is 165 g/mol. The van der Waals surface area contributed by atoms with Crippen molar-refractivity contribution in [3.8, 4) is 0 Å². The third-order valence-electron chi connectivity index (χ3n) is 1.25. The summed E-state index contributed by atoms with van der Waals surface area (Å²) in [5.41, 5.74) is 0.861. The lowest BCUT2D eigenvalue weighted by atomic mass is 10.6. The van der Waals surface area contributed by atoms with Crippen molar-refractivity contribution >= 4 is 0 Å². The number of hydrogen-bond acceptors (Lipinski definition) is 3. The van der Waals surface area contributed by atoms with Gasteiger partial charge in [0.25, 0.3) is 0 Å². The zero-order chi connectivity index (χ0) is 8.81. The lowest BCUT2D eigenvalue weighted by Crippen LogP contribution is -2.11. The van der Waals surface area contributed by atoms with Gasteiger partial charge in [-0.25, -0.2) is 0 Å². The molecular weight excluding hydrogens is 154 g/mol. The summed E-state index contributed by atoms with van der Waals surface area (Å²) in [7, 11) is 0. The van der Waals surface area contributed by atoms with E-state index >= 15 is 0 Å². The molecule has 0 unspecified atom stereocenters. The van der Waals surface area contributed by atoms with Crippen molar-refractivity contribution < 1.29 is 0 Å². The fourth-order valence-corrected chi connectivity index (χ4v) is 0.572. The molecular formula is C7H11N5. The summed E-state index contributed by atoms with van der Waals surface area (Å²) in [4.78, 5) is 4.08. The Labute approximate surface area is 70.2 Å². The van der Waals surface area contributed by atoms with E-state index in [1.807, 2.05) is 31.5 Å². The van der Waals surface area contributed by atoms with Crippen LogP contribution in [0.5, 0.6) is 0 Å². The van der Waals surface area contributed by atoms with E-state index < -0.39 is 0 Å². The minimum Gasteiger partial charge on any atom is -0.368 e. The Bertz CT molecular complexity index is 263. The molecule has 2 rings (SSSR count). The van der Waals surface area contributed by atoms with Gasteiger partial charge in [-0.05, 0) is 24.3 Å². The Morgan fingerprint density at radius 1 is 1.42 bits per heavy atom. The molecule has 0 aromatic carbocycles. The zero-order valence-corrected chi connectivity index (χ0v) is 6.81. The summed E-state index contributed by atoms with van der Waals surface area (Å²) in [6, 6.07) is 3.89. The van der Waals surface area contributed by atoms with E-state index in [1.54, 1.807) is 6.20 Å². The number of aromatic amines is 1. The molecule has 5 heteroatoms. The van der Waals surface area contributed by atoms with Crippen LogP contribution in [-0.4, -0.2) is 20.1 Å². The fourth-order valence-electron chi connectivity index (χ4n) is 0.572. The van der Waals surface area contributed by atoms with Gasteiger partial charge in [0, 0.05) is 12.4 Å². The van der Waals surface area contributed by atoms with Crippen LogP contribution in [0.15, 0.2) is 30.7 Å². The summed E-state index contributed by atoms with van der Waals surface area (Å²) in [5, 5.41) is 6.97. The van der Waals surface area contributed by atoms with E-state index in [-0.39, 0.29) is 0 Å². The van der Waals surface area contributed by atoms with Gasteiger partial charge >= 0.3 is 0 Å². The molecule has 0 atom stereocenters. The van der Waals surface area contributed by atoms with Crippen LogP contribution in [0.25, 0.3) is 0 Å². The average Bonchev–Trinajstić information content (AvgIpc) is 2.67. The molecule has 0 bridgehead atoms. The first-order valence-corrected chi connectivity index (χ1v) is 3.51. The van der Waals surface area contributed by atoms with Gasteiger partial charge in [0.05, 0.1) is 11.9 Å². The summed E-state index contributed by atoms with van der Waals surface area (Å²) in [6.45, 7) is 1.83. The highest BCUT2D eigenvalue weighted by molar-refractivity contribution is 4.87. The van der Waals surface area contributed by atoms with Crippen molar-refractivity contribution in [2.24, 2.45) is 0 Å². The molecule has 2 aromatic rings. The number of aromatic nitrogens is 4. The minimum atomic E-state index is 0.861. The first-order chi connectivity index (χ1) is 5.80. The van der Waals surface area contributed by atoms with Crippen molar-refractivity contribution in [3.05, 3.63) is 36.4 Å². The smallest absolute Gasteiger partial charge is 0.0789 e. The molecule has 0 aliphatic heterocycles. The van der Waals surface area contributed by atoms with E-state index in [1.165, 1.54) is 4.79 Å². The Hall–Kier alpha value is -1.78. The second-order valence-electron chi connectivity index (χ2n) is 2.20. The Morgan fingerprint density at radius 2 is 2.08 bits per heavy atom. The van der Waals surface area contributed by atoms with Crippen molar-refractivity contribution in [2.75, 3.05) is 5.84 Å². The molecule has 0 aliphatic rings. The van der Waals surface area contributed by atoms with E-state index in [0.29, 0.717) is 0 Å². The van der Waals surface area contributed by atoms with Gasteiger partial charge in [0.2, 0.25) is 0 Å². The number of nitrogens with two attached hydrogens (primary N) is 1. The van der Waals surface area contributed by atoms with Crippen LogP contribution in [0.3, 0.4) is 0 Å². The van der Waals surface area contributed by atoms with Crippen molar-refractivity contribution in [2.45, 2.75) is 6.92 Å². The molecule has 0 spiro atoms. The van der Waals surface area contributed by atoms with Gasteiger partial charge < -0.3 is 10.8 Å². The van der Waals surface area contributed by atoms with Crippen LogP contribution >= 0.6 is 0 Å². The Balaban J connectivity index is 0.000000127. The van der Waals surface area contributed by atoms with Gasteiger partial charge in [0.15, 0.2) is 0 Å². The molecule has 3 N–H and O–H groups in total. The summed E-state index contributed by atoms with van der Waals surface area (Å²) >= 11 is 0. The van der Waals surface area contributed by atoms with Gasteiger partial charge in [-0.3, -0.25) is 0 Å². The zero-order valence-electron chi connectivity index (χ0n) is 6.81. The molecule has 5 nitrogen and oxygen atoms in total. The lowest BCUT2D eigenvalue weighted by molar-refractivity contribution is 0.746. The number of aryl methyl sites for hydroxylation is 1. The monoisotopic (exact) mass is 165 g/mol. The molecule has 0 saturated carbocycles. The largest absolute Gasteiger partial charge is 0.368 e. The summed E-state index contributed by atoms with van der Waals surface area (Å²) in [6.07, 6.45) is 5.35. The van der Waals surface area contributed by atoms with Crippen LogP contribution in [0.4, 0.5) is 0 Å². The highest BCUT2D eigenvalue weighted by atomic mass is 15.6. The molecule has 0 radical (unpaired) electrons. The van der Waals surface area contributed by atoms with E-state index in [9.17, 15) is 0 Å².